The van der Waals surface area contributed by atoms with Gasteiger partial charge < -0.3 is 9.15 Å². The Morgan fingerprint density at radius 3 is 2.71 bits per heavy atom. The first-order valence-corrected chi connectivity index (χ1v) is 8.96. The molecule has 0 atom stereocenters. The van der Waals surface area contributed by atoms with Gasteiger partial charge in [0.2, 0.25) is 0 Å². The largest absolute Gasteiger partial charge is 0.489 e. The maximum Gasteiger partial charge on any atom is 0.339 e. The van der Waals surface area contributed by atoms with Crippen molar-refractivity contribution >= 4 is 26.9 Å². The van der Waals surface area contributed by atoms with Crippen LogP contribution in [0.5, 0.6) is 5.75 Å². The molecule has 0 saturated carbocycles. The van der Waals surface area contributed by atoms with Gasteiger partial charge in [0.15, 0.2) is 0 Å². The lowest BCUT2D eigenvalue weighted by molar-refractivity contribution is 0.306. The number of halogens is 1. The number of rotatable bonds is 3. The van der Waals surface area contributed by atoms with E-state index < -0.39 is 0 Å². The summed E-state index contributed by atoms with van der Waals surface area (Å²) in [4.78, 5) is 12.2. The molecule has 0 spiro atoms. The molecule has 0 radical (unpaired) electrons. The van der Waals surface area contributed by atoms with Crippen molar-refractivity contribution in [2.45, 2.75) is 32.3 Å². The minimum Gasteiger partial charge on any atom is -0.489 e. The molecule has 0 aliphatic heterocycles. The van der Waals surface area contributed by atoms with Crippen LogP contribution < -0.4 is 10.4 Å². The molecule has 1 aliphatic rings. The summed E-state index contributed by atoms with van der Waals surface area (Å²) in [5.74, 6) is 0.710. The minimum atomic E-state index is -0.193. The maximum absolute atomic E-state index is 12.2. The van der Waals surface area contributed by atoms with Crippen molar-refractivity contribution in [3.05, 3.63) is 74.0 Å². The van der Waals surface area contributed by atoms with Crippen molar-refractivity contribution in [2.75, 3.05) is 0 Å². The van der Waals surface area contributed by atoms with E-state index in [1.165, 1.54) is 0 Å². The SMILES string of the molecule is O=c1oc2cc(OCc3cccc(Br)c3)ccc2c2c1CCCC2. The number of benzene rings is 2. The van der Waals surface area contributed by atoms with E-state index >= 15 is 0 Å². The van der Waals surface area contributed by atoms with Gasteiger partial charge in [-0.3, -0.25) is 0 Å². The van der Waals surface area contributed by atoms with Gasteiger partial charge in [-0.05, 0) is 61.1 Å². The van der Waals surface area contributed by atoms with Crippen LogP contribution in [0.1, 0.15) is 29.5 Å². The third-order valence-electron chi connectivity index (χ3n) is 4.49. The van der Waals surface area contributed by atoms with Crippen LogP contribution in [-0.2, 0) is 19.4 Å². The summed E-state index contributed by atoms with van der Waals surface area (Å²) in [5.41, 5.74) is 3.52. The van der Waals surface area contributed by atoms with E-state index in [0.717, 1.165) is 52.2 Å². The smallest absolute Gasteiger partial charge is 0.339 e. The summed E-state index contributed by atoms with van der Waals surface area (Å²) in [7, 11) is 0. The van der Waals surface area contributed by atoms with E-state index in [2.05, 4.69) is 15.9 Å². The monoisotopic (exact) mass is 384 g/mol. The predicted molar refractivity (Wildman–Crippen MR) is 97.6 cm³/mol. The second kappa shape index (κ2) is 6.44. The highest BCUT2D eigenvalue weighted by Gasteiger charge is 2.18. The quantitative estimate of drug-likeness (QED) is 0.595. The molecule has 0 saturated heterocycles. The van der Waals surface area contributed by atoms with Gasteiger partial charge in [-0.25, -0.2) is 4.79 Å². The van der Waals surface area contributed by atoms with Gasteiger partial charge in [-0.2, -0.15) is 0 Å². The van der Waals surface area contributed by atoms with Crippen LogP contribution in [0.15, 0.2) is 56.1 Å². The Bertz CT molecular complexity index is 959. The molecule has 1 aromatic heterocycles. The fraction of sp³-hybridized carbons (Fsp3) is 0.250. The van der Waals surface area contributed by atoms with Crippen LogP contribution in [0.2, 0.25) is 0 Å². The normalized spacial score (nSPS) is 13.7. The van der Waals surface area contributed by atoms with Crippen LogP contribution in [0.25, 0.3) is 11.0 Å². The van der Waals surface area contributed by atoms with Gasteiger partial charge in [0, 0.05) is 21.5 Å². The zero-order valence-corrected chi connectivity index (χ0v) is 14.8. The van der Waals surface area contributed by atoms with Crippen LogP contribution in [0, 0.1) is 0 Å². The molecule has 0 fully saturated rings. The highest BCUT2D eigenvalue weighted by Crippen LogP contribution is 2.29. The molecule has 1 aliphatic carbocycles. The lowest BCUT2D eigenvalue weighted by Crippen LogP contribution is -2.15. The maximum atomic E-state index is 12.2. The van der Waals surface area contributed by atoms with Gasteiger partial charge in [0.1, 0.15) is 17.9 Å². The lowest BCUT2D eigenvalue weighted by atomic mass is 9.91. The number of hydrogen-bond donors (Lipinski definition) is 0. The zero-order valence-electron chi connectivity index (χ0n) is 13.2. The predicted octanol–water partition coefficient (Wildman–Crippen LogP) is 5.01. The highest BCUT2D eigenvalue weighted by atomic mass is 79.9. The Morgan fingerprint density at radius 2 is 1.88 bits per heavy atom. The summed E-state index contributed by atoms with van der Waals surface area (Å²) in [6, 6.07) is 13.8. The number of aryl methyl sites for hydroxylation is 1. The van der Waals surface area contributed by atoms with Crippen molar-refractivity contribution < 1.29 is 9.15 Å². The molecule has 4 heteroatoms. The Morgan fingerprint density at radius 1 is 1.04 bits per heavy atom. The Kier molecular flexibility index (Phi) is 4.15. The molecule has 24 heavy (non-hydrogen) atoms. The topological polar surface area (TPSA) is 39.4 Å². The Balaban J connectivity index is 1.65. The van der Waals surface area contributed by atoms with Gasteiger partial charge >= 0.3 is 5.63 Å². The average molecular weight is 385 g/mol. The first kappa shape index (κ1) is 15.5. The van der Waals surface area contributed by atoms with Crippen molar-refractivity contribution in [1.29, 1.82) is 0 Å². The number of fused-ring (bicyclic) bond motifs is 3. The third-order valence-corrected chi connectivity index (χ3v) is 4.98. The summed E-state index contributed by atoms with van der Waals surface area (Å²) in [6.07, 6.45) is 3.98. The molecule has 4 rings (SSSR count). The molecule has 0 amide bonds. The van der Waals surface area contributed by atoms with Gasteiger partial charge in [0.25, 0.3) is 0 Å². The standard InChI is InChI=1S/C20H17BrO3/c21-14-5-3-4-13(10-14)12-23-15-8-9-17-16-6-1-2-7-18(16)20(22)24-19(17)11-15/h3-5,8-11H,1-2,6-7,12H2. The second-order valence-electron chi connectivity index (χ2n) is 6.13. The molecule has 0 unspecified atom stereocenters. The lowest BCUT2D eigenvalue weighted by Gasteiger charge is -2.16. The van der Waals surface area contributed by atoms with Crippen molar-refractivity contribution in [3.8, 4) is 5.75 Å². The first-order chi connectivity index (χ1) is 11.7. The first-order valence-electron chi connectivity index (χ1n) is 8.16. The van der Waals surface area contributed by atoms with Crippen molar-refractivity contribution in [1.82, 2.24) is 0 Å². The summed E-state index contributed by atoms with van der Waals surface area (Å²) >= 11 is 3.46. The molecule has 2 aromatic carbocycles. The molecule has 0 N–H and O–H groups in total. The average Bonchev–Trinajstić information content (AvgIpc) is 2.60. The fourth-order valence-electron chi connectivity index (χ4n) is 3.31. The third kappa shape index (κ3) is 2.98. The van der Waals surface area contributed by atoms with Crippen molar-refractivity contribution in [2.24, 2.45) is 0 Å². The second-order valence-corrected chi connectivity index (χ2v) is 7.05. The zero-order chi connectivity index (χ0) is 16.5. The Labute approximate surface area is 148 Å². The van der Waals surface area contributed by atoms with Crippen LogP contribution >= 0.6 is 15.9 Å². The van der Waals surface area contributed by atoms with E-state index in [0.29, 0.717) is 17.9 Å². The molecule has 122 valence electrons. The summed E-state index contributed by atoms with van der Waals surface area (Å²) in [5, 5.41) is 1.04. The van der Waals surface area contributed by atoms with Gasteiger partial charge in [-0.1, -0.05) is 28.1 Å². The van der Waals surface area contributed by atoms with E-state index in [1.54, 1.807) is 0 Å². The van der Waals surface area contributed by atoms with Crippen LogP contribution in [0.3, 0.4) is 0 Å². The number of hydrogen-bond acceptors (Lipinski definition) is 3. The van der Waals surface area contributed by atoms with Gasteiger partial charge in [0.05, 0.1) is 0 Å². The number of ether oxygens (including phenoxy) is 1. The molecule has 0 bridgehead atoms. The van der Waals surface area contributed by atoms with E-state index in [-0.39, 0.29) is 5.63 Å². The minimum absolute atomic E-state index is 0.193. The van der Waals surface area contributed by atoms with Crippen molar-refractivity contribution in [3.63, 3.8) is 0 Å². The van der Waals surface area contributed by atoms with Gasteiger partial charge in [-0.15, -0.1) is 0 Å². The van der Waals surface area contributed by atoms with E-state index in [4.69, 9.17) is 9.15 Å². The summed E-state index contributed by atoms with van der Waals surface area (Å²) < 4.78 is 12.4. The molecular formula is C20H17BrO3. The molecule has 3 aromatic rings. The van der Waals surface area contributed by atoms with E-state index in [1.807, 2.05) is 42.5 Å². The van der Waals surface area contributed by atoms with Crippen LogP contribution in [-0.4, -0.2) is 0 Å². The highest BCUT2D eigenvalue weighted by molar-refractivity contribution is 9.10. The Hall–Kier alpha value is -2.07. The fourth-order valence-corrected chi connectivity index (χ4v) is 3.76. The van der Waals surface area contributed by atoms with Crippen LogP contribution in [0.4, 0.5) is 0 Å². The molecule has 3 nitrogen and oxygen atoms in total. The van der Waals surface area contributed by atoms with E-state index in [9.17, 15) is 4.79 Å². The summed E-state index contributed by atoms with van der Waals surface area (Å²) in [6.45, 7) is 0.472. The molecule has 1 heterocycles. The molecular weight excluding hydrogens is 368 g/mol.